The first kappa shape index (κ1) is 35.9. The Balaban J connectivity index is 1.37. The number of anilines is 6. The van der Waals surface area contributed by atoms with Crippen molar-refractivity contribution >= 4 is 68.4 Å². The SMILES string of the molecule is Cc1cc(C(C)(C)C)cc(C)c1N1c2cc3c(cc2B2c4oc5ccc(C(C)(C)C)cc5c4N(c4c(C)cc5c(c4C)OCO5)c4cc(C(C)C)cc1c42)OCO3. The summed E-state index contributed by atoms with van der Waals surface area (Å²) >= 11 is 0. The van der Waals surface area contributed by atoms with E-state index in [9.17, 15) is 0 Å². The van der Waals surface area contributed by atoms with E-state index >= 15 is 0 Å². The predicted octanol–water partition coefficient (Wildman–Crippen LogP) is 10.9. The molecule has 0 saturated heterocycles. The van der Waals surface area contributed by atoms with E-state index in [1.165, 1.54) is 39.0 Å². The molecule has 0 saturated carbocycles. The van der Waals surface area contributed by atoms with Gasteiger partial charge in [-0.15, -0.1) is 0 Å². The largest absolute Gasteiger partial charge is 0.468 e. The third-order valence-electron chi connectivity index (χ3n) is 12.6. The summed E-state index contributed by atoms with van der Waals surface area (Å²) in [7, 11) is 0. The van der Waals surface area contributed by atoms with Crippen LogP contribution >= 0.6 is 0 Å². The summed E-state index contributed by atoms with van der Waals surface area (Å²) in [4.78, 5) is 4.98. The minimum absolute atomic E-state index is 0.00700. The van der Waals surface area contributed by atoms with Crippen molar-refractivity contribution in [3.63, 3.8) is 0 Å². The summed E-state index contributed by atoms with van der Waals surface area (Å²) < 4.78 is 31.7. The molecular formula is C49H51BN2O5. The van der Waals surface area contributed by atoms with E-state index in [1.807, 2.05) is 0 Å². The molecule has 5 heterocycles. The van der Waals surface area contributed by atoms with Crippen LogP contribution < -0.4 is 45.3 Å². The molecule has 57 heavy (non-hydrogen) atoms. The number of rotatable bonds is 3. The molecule has 4 aliphatic heterocycles. The molecule has 4 aliphatic rings. The number of benzene rings is 5. The first-order chi connectivity index (χ1) is 27.0. The average molecular weight is 759 g/mol. The lowest BCUT2D eigenvalue weighted by atomic mass is 9.35. The van der Waals surface area contributed by atoms with Gasteiger partial charge >= 0.3 is 0 Å². The van der Waals surface area contributed by atoms with Gasteiger partial charge < -0.3 is 33.2 Å². The summed E-state index contributed by atoms with van der Waals surface area (Å²) in [6, 6.07) is 22.8. The molecule has 0 radical (unpaired) electrons. The zero-order valence-corrected chi connectivity index (χ0v) is 35.3. The lowest BCUT2D eigenvalue weighted by Crippen LogP contribution is -2.61. The number of hydrogen-bond donors (Lipinski definition) is 0. The summed E-state index contributed by atoms with van der Waals surface area (Å²) in [5.74, 6) is 3.35. The van der Waals surface area contributed by atoms with Gasteiger partial charge in [-0.3, -0.25) is 0 Å². The van der Waals surface area contributed by atoms with Crippen LogP contribution in [0.4, 0.5) is 34.1 Å². The van der Waals surface area contributed by atoms with Crippen LogP contribution in [0.5, 0.6) is 23.0 Å². The Hall–Kier alpha value is -5.50. The van der Waals surface area contributed by atoms with Crippen LogP contribution in [0.1, 0.15) is 100 Å². The van der Waals surface area contributed by atoms with Crippen LogP contribution in [-0.2, 0) is 10.8 Å². The maximum Gasteiger partial charge on any atom is 0.297 e. The number of aryl methyl sites for hydroxylation is 3. The Morgan fingerprint density at radius 3 is 1.88 bits per heavy atom. The third kappa shape index (κ3) is 5.18. The fraction of sp³-hybridized carbons (Fsp3) is 0.347. The van der Waals surface area contributed by atoms with Crippen molar-refractivity contribution < 1.29 is 23.4 Å². The molecule has 0 atom stereocenters. The van der Waals surface area contributed by atoms with Gasteiger partial charge in [0.15, 0.2) is 23.0 Å². The normalized spacial score (nSPS) is 15.1. The van der Waals surface area contributed by atoms with Crippen molar-refractivity contribution in [3.05, 3.63) is 99.6 Å². The highest BCUT2D eigenvalue weighted by molar-refractivity contribution is 7.00. The summed E-state index contributed by atoms with van der Waals surface area (Å²) in [5.41, 5.74) is 19.1. The maximum atomic E-state index is 7.24. The molecule has 10 rings (SSSR count). The molecule has 0 unspecified atom stereocenters. The van der Waals surface area contributed by atoms with E-state index < -0.39 is 0 Å². The van der Waals surface area contributed by atoms with E-state index in [-0.39, 0.29) is 37.0 Å². The Morgan fingerprint density at radius 1 is 0.596 bits per heavy atom. The molecule has 7 nitrogen and oxygen atoms in total. The number of furan rings is 1. The molecule has 6 aromatic rings. The van der Waals surface area contributed by atoms with Gasteiger partial charge in [0.1, 0.15) is 5.58 Å². The minimum Gasteiger partial charge on any atom is -0.468 e. The van der Waals surface area contributed by atoms with Crippen molar-refractivity contribution in [2.24, 2.45) is 0 Å². The lowest BCUT2D eigenvalue weighted by molar-refractivity contribution is 0.173. The van der Waals surface area contributed by atoms with E-state index in [2.05, 4.69) is 154 Å². The molecule has 1 aromatic heterocycles. The Labute approximate surface area is 336 Å². The Morgan fingerprint density at radius 2 is 1.21 bits per heavy atom. The Bertz CT molecular complexity index is 2690. The van der Waals surface area contributed by atoms with Gasteiger partial charge in [0.25, 0.3) is 6.71 Å². The van der Waals surface area contributed by atoms with Crippen LogP contribution in [0.2, 0.25) is 0 Å². The smallest absolute Gasteiger partial charge is 0.297 e. The van der Waals surface area contributed by atoms with Gasteiger partial charge in [-0.2, -0.15) is 0 Å². The quantitative estimate of drug-likeness (QED) is 0.166. The van der Waals surface area contributed by atoms with Crippen molar-refractivity contribution in [1.29, 1.82) is 0 Å². The van der Waals surface area contributed by atoms with Gasteiger partial charge in [0, 0.05) is 34.1 Å². The van der Waals surface area contributed by atoms with Gasteiger partial charge in [-0.05, 0) is 125 Å². The number of ether oxygens (including phenoxy) is 4. The zero-order chi connectivity index (χ0) is 40.0. The monoisotopic (exact) mass is 758 g/mol. The van der Waals surface area contributed by atoms with Crippen LogP contribution in [0.25, 0.3) is 11.0 Å². The van der Waals surface area contributed by atoms with Gasteiger partial charge in [0.2, 0.25) is 13.6 Å². The van der Waals surface area contributed by atoms with E-state index in [0.29, 0.717) is 0 Å². The van der Waals surface area contributed by atoms with Gasteiger partial charge in [-0.25, -0.2) is 0 Å². The van der Waals surface area contributed by atoms with Crippen LogP contribution in [0, 0.1) is 27.7 Å². The van der Waals surface area contributed by atoms with E-state index in [0.717, 1.165) is 84.7 Å². The fourth-order valence-electron chi connectivity index (χ4n) is 9.61. The minimum atomic E-state index is -0.224. The Kier molecular flexibility index (Phi) is 7.56. The number of fused-ring (bicyclic) bond motifs is 8. The number of hydrogen-bond acceptors (Lipinski definition) is 7. The molecular weight excluding hydrogens is 707 g/mol. The standard InChI is InChI=1S/C49H51BN2O5/c1-25(2)30-18-36-42-37(19-30)52(44-28(5)17-41-46(29(44)6)56-24-55-41)45-33-20-31(48(7,8)9)13-14-38(33)57-47(45)50(42)34-21-39-40(54-23-53-39)22-35(34)51(36)43-26(3)15-32(16-27(43)4)49(10,11)12/h13-22,25H,23-24H2,1-12H3. The van der Waals surface area contributed by atoms with Crippen molar-refractivity contribution in [2.45, 2.75) is 99.8 Å². The third-order valence-corrected chi connectivity index (χ3v) is 12.6. The molecule has 0 amide bonds. The second-order valence-electron chi connectivity index (χ2n) is 18.9. The number of nitrogens with zero attached hydrogens (tertiary/aromatic N) is 2. The molecule has 8 heteroatoms. The molecule has 0 N–H and O–H groups in total. The highest BCUT2D eigenvalue weighted by atomic mass is 16.7. The predicted molar refractivity (Wildman–Crippen MR) is 233 cm³/mol. The van der Waals surface area contributed by atoms with Crippen molar-refractivity contribution in [1.82, 2.24) is 0 Å². The topological polar surface area (TPSA) is 56.5 Å². The zero-order valence-electron chi connectivity index (χ0n) is 35.3. The van der Waals surface area contributed by atoms with Gasteiger partial charge in [-0.1, -0.05) is 73.6 Å². The van der Waals surface area contributed by atoms with Crippen LogP contribution in [0.3, 0.4) is 0 Å². The molecule has 0 spiro atoms. The molecule has 290 valence electrons. The second kappa shape index (κ2) is 12.0. The van der Waals surface area contributed by atoms with E-state index in [1.54, 1.807) is 0 Å². The second-order valence-corrected chi connectivity index (χ2v) is 18.9. The first-order valence-corrected chi connectivity index (χ1v) is 20.3. The average Bonchev–Trinajstić information content (AvgIpc) is 3.89. The maximum absolute atomic E-state index is 7.24. The summed E-state index contributed by atoms with van der Waals surface area (Å²) in [6.07, 6.45) is 0. The molecule has 5 aromatic carbocycles. The van der Waals surface area contributed by atoms with Crippen LogP contribution in [0.15, 0.2) is 65.1 Å². The molecule has 0 fully saturated rings. The van der Waals surface area contributed by atoms with Gasteiger partial charge in [0.05, 0.1) is 22.7 Å². The highest BCUT2D eigenvalue weighted by Crippen LogP contribution is 2.54. The molecule has 0 aliphatic carbocycles. The van der Waals surface area contributed by atoms with Crippen LogP contribution in [-0.4, -0.2) is 20.3 Å². The van der Waals surface area contributed by atoms with E-state index in [4.69, 9.17) is 23.4 Å². The lowest BCUT2D eigenvalue weighted by Gasteiger charge is -2.44. The summed E-state index contributed by atoms with van der Waals surface area (Å²) in [5, 5.41) is 1.09. The van der Waals surface area contributed by atoms with Crippen molar-refractivity contribution in [2.75, 3.05) is 23.4 Å². The fourth-order valence-corrected chi connectivity index (χ4v) is 9.61. The van der Waals surface area contributed by atoms with Crippen molar-refractivity contribution in [3.8, 4) is 23.0 Å². The first-order valence-electron chi connectivity index (χ1n) is 20.3. The highest BCUT2D eigenvalue weighted by Gasteiger charge is 2.49. The molecule has 0 bridgehead atoms. The summed E-state index contributed by atoms with van der Waals surface area (Å²) in [6.45, 7) is 27.3.